The van der Waals surface area contributed by atoms with E-state index in [1.54, 1.807) is 0 Å². The fourth-order valence-corrected chi connectivity index (χ4v) is 1.80. The van der Waals surface area contributed by atoms with E-state index in [0.29, 0.717) is 13.0 Å². The van der Waals surface area contributed by atoms with Crippen molar-refractivity contribution in [3.63, 3.8) is 0 Å². The van der Waals surface area contributed by atoms with Gasteiger partial charge in [-0.05, 0) is 33.2 Å². The summed E-state index contributed by atoms with van der Waals surface area (Å²) in [5.74, 6) is 0.140. The van der Waals surface area contributed by atoms with Crippen LogP contribution in [-0.4, -0.2) is 37.7 Å². The fraction of sp³-hybridized carbons (Fsp3) is 0.909. The van der Waals surface area contributed by atoms with E-state index in [2.05, 4.69) is 17.6 Å². The molecule has 1 saturated heterocycles. The van der Waals surface area contributed by atoms with Gasteiger partial charge in [-0.25, -0.2) is 0 Å². The highest BCUT2D eigenvalue weighted by Gasteiger charge is 2.29. The first kappa shape index (κ1) is 12.5. The first-order chi connectivity index (χ1) is 7.16. The first-order valence-corrected chi connectivity index (χ1v) is 5.76. The molecule has 1 amide bonds. The third-order valence-electron chi connectivity index (χ3n) is 2.71. The summed E-state index contributed by atoms with van der Waals surface area (Å²) in [7, 11) is 0. The van der Waals surface area contributed by atoms with Gasteiger partial charge in [0.15, 0.2) is 0 Å². The summed E-state index contributed by atoms with van der Waals surface area (Å²) < 4.78 is 5.19. The van der Waals surface area contributed by atoms with Crippen molar-refractivity contribution in [1.82, 2.24) is 10.6 Å². The Bertz CT molecular complexity index is 201. The van der Waals surface area contributed by atoms with Crippen molar-refractivity contribution >= 4 is 5.91 Å². The van der Waals surface area contributed by atoms with Crippen molar-refractivity contribution in [3.8, 4) is 0 Å². The van der Waals surface area contributed by atoms with E-state index in [-0.39, 0.29) is 11.4 Å². The van der Waals surface area contributed by atoms with Crippen LogP contribution in [0.5, 0.6) is 0 Å². The Morgan fingerprint density at radius 1 is 1.60 bits per heavy atom. The molecular formula is C11H22N2O2. The SMILES string of the molecule is CCOCCCC(=O)NC1(C)CCNC1. The van der Waals surface area contributed by atoms with Gasteiger partial charge < -0.3 is 15.4 Å². The first-order valence-electron chi connectivity index (χ1n) is 5.76. The standard InChI is InChI=1S/C11H22N2O2/c1-3-15-8-4-5-10(14)13-11(2)6-7-12-9-11/h12H,3-9H2,1-2H3,(H,13,14). The lowest BCUT2D eigenvalue weighted by molar-refractivity contribution is -0.123. The van der Waals surface area contributed by atoms with Gasteiger partial charge in [0, 0.05) is 26.2 Å². The molecule has 1 atom stereocenters. The predicted molar refractivity (Wildman–Crippen MR) is 59.8 cm³/mol. The van der Waals surface area contributed by atoms with Crippen molar-refractivity contribution in [2.75, 3.05) is 26.3 Å². The Morgan fingerprint density at radius 3 is 3.00 bits per heavy atom. The summed E-state index contributed by atoms with van der Waals surface area (Å²) in [6.07, 6.45) is 2.39. The molecule has 0 aromatic carbocycles. The monoisotopic (exact) mass is 214 g/mol. The number of carbonyl (C=O) groups is 1. The summed E-state index contributed by atoms with van der Waals surface area (Å²) >= 11 is 0. The van der Waals surface area contributed by atoms with Gasteiger partial charge in [0.25, 0.3) is 0 Å². The Kier molecular flexibility index (Phi) is 5.05. The van der Waals surface area contributed by atoms with Crippen LogP contribution < -0.4 is 10.6 Å². The minimum atomic E-state index is -0.0390. The van der Waals surface area contributed by atoms with Crippen LogP contribution in [0, 0.1) is 0 Å². The highest BCUT2D eigenvalue weighted by molar-refractivity contribution is 5.76. The third-order valence-corrected chi connectivity index (χ3v) is 2.71. The lowest BCUT2D eigenvalue weighted by Gasteiger charge is -2.24. The van der Waals surface area contributed by atoms with Crippen molar-refractivity contribution < 1.29 is 9.53 Å². The summed E-state index contributed by atoms with van der Waals surface area (Å²) in [6.45, 7) is 7.33. The van der Waals surface area contributed by atoms with Crippen molar-refractivity contribution in [1.29, 1.82) is 0 Å². The van der Waals surface area contributed by atoms with Gasteiger partial charge in [0.05, 0.1) is 5.54 Å². The molecule has 1 aliphatic heterocycles. The van der Waals surface area contributed by atoms with Crippen LogP contribution in [0.25, 0.3) is 0 Å². The molecule has 1 rings (SSSR count). The summed E-state index contributed by atoms with van der Waals surface area (Å²) in [6, 6.07) is 0. The zero-order valence-electron chi connectivity index (χ0n) is 9.77. The number of hydrogen-bond acceptors (Lipinski definition) is 3. The molecule has 0 bridgehead atoms. The lowest BCUT2D eigenvalue weighted by atomic mass is 10.0. The summed E-state index contributed by atoms with van der Waals surface area (Å²) in [5.41, 5.74) is -0.0390. The number of hydrogen-bond donors (Lipinski definition) is 2. The second-order valence-electron chi connectivity index (χ2n) is 4.34. The quantitative estimate of drug-likeness (QED) is 0.639. The molecule has 0 aromatic rings. The molecule has 1 unspecified atom stereocenters. The van der Waals surface area contributed by atoms with Crippen molar-refractivity contribution in [3.05, 3.63) is 0 Å². The Morgan fingerprint density at radius 2 is 2.40 bits per heavy atom. The molecule has 1 heterocycles. The summed E-state index contributed by atoms with van der Waals surface area (Å²) in [5, 5.41) is 6.33. The van der Waals surface area contributed by atoms with E-state index < -0.39 is 0 Å². The average molecular weight is 214 g/mol. The summed E-state index contributed by atoms with van der Waals surface area (Å²) in [4.78, 5) is 11.6. The number of nitrogens with one attached hydrogen (secondary N) is 2. The normalized spacial score (nSPS) is 25.5. The predicted octanol–water partition coefficient (Wildman–Crippen LogP) is 0.671. The van der Waals surface area contributed by atoms with Crippen LogP contribution in [0.15, 0.2) is 0 Å². The highest BCUT2D eigenvalue weighted by atomic mass is 16.5. The number of ether oxygens (including phenoxy) is 1. The van der Waals surface area contributed by atoms with Gasteiger partial charge in [-0.3, -0.25) is 4.79 Å². The molecule has 15 heavy (non-hydrogen) atoms. The maximum absolute atomic E-state index is 11.6. The van der Waals surface area contributed by atoms with Gasteiger partial charge in [0.2, 0.25) is 5.91 Å². The Balaban J connectivity index is 2.12. The smallest absolute Gasteiger partial charge is 0.220 e. The Hall–Kier alpha value is -0.610. The third kappa shape index (κ3) is 4.62. The number of carbonyl (C=O) groups excluding carboxylic acids is 1. The molecule has 2 N–H and O–H groups in total. The highest BCUT2D eigenvalue weighted by Crippen LogP contribution is 2.13. The van der Waals surface area contributed by atoms with Crippen LogP contribution in [0.1, 0.15) is 33.1 Å². The lowest BCUT2D eigenvalue weighted by Crippen LogP contribution is -2.47. The van der Waals surface area contributed by atoms with Crippen LogP contribution in [0.2, 0.25) is 0 Å². The average Bonchev–Trinajstić information content (AvgIpc) is 2.59. The maximum Gasteiger partial charge on any atom is 0.220 e. The molecule has 0 saturated carbocycles. The maximum atomic E-state index is 11.6. The van der Waals surface area contributed by atoms with E-state index in [0.717, 1.165) is 32.5 Å². The van der Waals surface area contributed by atoms with Crippen LogP contribution in [0.4, 0.5) is 0 Å². The van der Waals surface area contributed by atoms with E-state index in [1.807, 2.05) is 6.92 Å². The second-order valence-corrected chi connectivity index (χ2v) is 4.34. The van der Waals surface area contributed by atoms with Crippen molar-refractivity contribution in [2.45, 2.75) is 38.6 Å². The molecule has 4 heteroatoms. The van der Waals surface area contributed by atoms with Crippen LogP contribution in [-0.2, 0) is 9.53 Å². The van der Waals surface area contributed by atoms with Crippen LogP contribution in [0.3, 0.4) is 0 Å². The minimum absolute atomic E-state index is 0.0390. The minimum Gasteiger partial charge on any atom is -0.382 e. The van der Waals surface area contributed by atoms with Gasteiger partial charge >= 0.3 is 0 Å². The van der Waals surface area contributed by atoms with Gasteiger partial charge in [-0.2, -0.15) is 0 Å². The van der Waals surface area contributed by atoms with E-state index in [1.165, 1.54) is 0 Å². The zero-order chi connectivity index (χ0) is 11.1. The van der Waals surface area contributed by atoms with Gasteiger partial charge in [-0.1, -0.05) is 0 Å². The molecule has 88 valence electrons. The molecule has 4 nitrogen and oxygen atoms in total. The van der Waals surface area contributed by atoms with E-state index in [9.17, 15) is 4.79 Å². The molecule has 0 aromatic heterocycles. The molecule has 1 fully saturated rings. The molecule has 0 radical (unpaired) electrons. The molecule has 0 aliphatic carbocycles. The largest absolute Gasteiger partial charge is 0.382 e. The topological polar surface area (TPSA) is 50.4 Å². The zero-order valence-corrected chi connectivity index (χ0v) is 9.77. The number of rotatable bonds is 6. The molecular weight excluding hydrogens is 192 g/mol. The van der Waals surface area contributed by atoms with E-state index >= 15 is 0 Å². The molecule has 1 aliphatic rings. The van der Waals surface area contributed by atoms with Crippen molar-refractivity contribution in [2.24, 2.45) is 0 Å². The van der Waals surface area contributed by atoms with Gasteiger partial charge in [-0.15, -0.1) is 0 Å². The Labute approximate surface area is 91.8 Å². The second kappa shape index (κ2) is 6.08. The molecule has 0 spiro atoms. The fourth-order valence-electron chi connectivity index (χ4n) is 1.80. The number of amides is 1. The van der Waals surface area contributed by atoms with Crippen LogP contribution >= 0.6 is 0 Å². The van der Waals surface area contributed by atoms with Gasteiger partial charge in [0.1, 0.15) is 0 Å². The van der Waals surface area contributed by atoms with E-state index in [4.69, 9.17) is 4.74 Å².